The van der Waals surface area contributed by atoms with Crippen molar-refractivity contribution < 1.29 is 32.3 Å². The van der Waals surface area contributed by atoms with E-state index in [1.54, 1.807) is 13.8 Å². The van der Waals surface area contributed by atoms with Gasteiger partial charge in [0.15, 0.2) is 0 Å². The third-order valence-electron chi connectivity index (χ3n) is 1.84. The summed E-state index contributed by atoms with van der Waals surface area (Å²) in [6.07, 6.45) is 1.25. The molecule has 2 N–H and O–H groups in total. The summed E-state index contributed by atoms with van der Waals surface area (Å²) in [6.45, 7) is 12.9. The molecule has 19 heavy (non-hydrogen) atoms. The molecule has 0 saturated heterocycles. The Hall–Kier alpha value is 0.130. The summed E-state index contributed by atoms with van der Waals surface area (Å²) < 4.78 is 0. The second-order valence-corrected chi connectivity index (χ2v) is 3.90. The molecule has 0 aromatic heterocycles. The molecule has 0 saturated carbocycles. The van der Waals surface area contributed by atoms with Crippen molar-refractivity contribution in [2.24, 2.45) is 5.92 Å². The average Bonchev–Trinajstić information content (AvgIpc) is 2.30. The Bertz CT molecular complexity index is 156. The predicted molar refractivity (Wildman–Crippen MR) is 82.0 cm³/mol. The van der Waals surface area contributed by atoms with Gasteiger partial charge < -0.3 is 22.7 Å². The Morgan fingerprint density at radius 3 is 1.84 bits per heavy atom. The van der Waals surface area contributed by atoms with E-state index in [1.165, 1.54) is 13.0 Å². The largest absolute Gasteiger partial charge is 1.00 e. The van der Waals surface area contributed by atoms with E-state index in [0.29, 0.717) is 0 Å². The summed E-state index contributed by atoms with van der Waals surface area (Å²) in [5.74, 6) is -0.972. The molecule has 0 heterocycles. The Labute approximate surface area is 136 Å². The number of hydrogen-bond acceptors (Lipinski definition) is 3. The molecule has 0 fully saturated rings. The standard InChI is InChI=1S/C7H18N2.C4H8O2.C2H6.CH3.Ag/c1-4-6-9(3)7-5-8-2;1-3(2)4(5)6;1-2;;/h8H,4-7H2,1-3H3;3H,1-2H3,(H,5,6);1-2H3;1H3;/q;;;-1;+1. The minimum Gasteiger partial charge on any atom is -0.481 e. The van der Waals surface area contributed by atoms with Gasteiger partial charge in [-0.05, 0) is 27.1 Å². The summed E-state index contributed by atoms with van der Waals surface area (Å²) in [4.78, 5) is 12.0. The van der Waals surface area contributed by atoms with Crippen molar-refractivity contribution in [2.75, 3.05) is 33.7 Å². The Kier molecular flexibility index (Phi) is 44.2. The van der Waals surface area contributed by atoms with E-state index in [0.717, 1.165) is 13.1 Å². The third kappa shape index (κ3) is 38.1. The minimum absolute atomic E-state index is 0. The van der Waals surface area contributed by atoms with Crippen LogP contribution in [0.2, 0.25) is 0 Å². The smallest absolute Gasteiger partial charge is 0.481 e. The van der Waals surface area contributed by atoms with E-state index >= 15 is 0 Å². The molecule has 0 aromatic carbocycles. The molecular weight excluding hydrogens is 336 g/mol. The zero-order valence-corrected chi connectivity index (χ0v) is 15.5. The zero-order valence-electron chi connectivity index (χ0n) is 14.0. The second kappa shape index (κ2) is 26.6. The van der Waals surface area contributed by atoms with Gasteiger partial charge in [-0.3, -0.25) is 4.79 Å². The second-order valence-electron chi connectivity index (χ2n) is 3.90. The molecule has 0 bridgehead atoms. The topological polar surface area (TPSA) is 52.6 Å². The van der Waals surface area contributed by atoms with Crippen LogP contribution in [0.3, 0.4) is 0 Å². The van der Waals surface area contributed by atoms with E-state index < -0.39 is 5.97 Å². The van der Waals surface area contributed by atoms with Crippen molar-refractivity contribution >= 4 is 5.97 Å². The molecule has 0 aliphatic heterocycles. The van der Waals surface area contributed by atoms with E-state index in [-0.39, 0.29) is 35.7 Å². The molecule has 0 radical (unpaired) electrons. The molecule has 0 aliphatic rings. The van der Waals surface area contributed by atoms with Crippen LogP contribution in [0.5, 0.6) is 0 Å². The Balaban J connectivity index is -0.0000000580. The van der Waals surface area contributed by atoms with Gasteiger partial charge in [0.1, 0.15) is 0 Å². The van der Waals surface area contributed by atoms with Gasteiger partial charge in [-0.25, -0.2) is 0 Å². The number of likely N-dealkylation sites (N-methyl/N-ethyl adjacent to an activating group) is 2. The van der Waals surface area contributed by atoms with Crippen LogP contribution in [0.4, 0.5) is 0 Å². The summed E-state index contributed by atoms with van der Waals surface area (Å²) in [5, 5.41) is 11.1. The number of hydrogen-bond donors (Lipinski definition) is 2. The van der Waals surface area contributed by atoms with Crippen molar-refractivity contribution in [2.45, 2.75) is 41.0 Å². The van der Waals surface area contributed by atoms with Crippen molar-refractivity contribution in [1.29, 1.82) is 0 Å². The molecule has 0 unspecified atom stereocenters. The monoisotopic (exact) mass is 370 g/mol. The quantitative estimate of drug-likeness (QED) is 0.557. The minimum atomic E-state index is -0.741. The van der Waals surface area contributed by atoms with Gasteiger partial charge in [-0.15, -0.1) is 0 Å². The average molecular weight is 371 g/mol. The Morgan fingerprint density at radius 1 is 1.26 bits per heavy atom. The van der Waals surface area contributed by atoms with E-state index in [4.69, 9.17) is 5.11 Å². The summed E-state index contributed by atoms with van der Waals surface area (Å²) in [7, 11) is 4.14. The number of carboxylic acid groups (broad SMARTS) is 1. The van der Waals surface area contributed by atoms with Gasteiger partial charge in [-0.2, -0.15) is 0 Å². The first-order valence-corrected chi connectivity index (χ1v) is 6.51. The van der Waals surface area contributed by atoms with E-state index in [2.05, 4.69) is 24.2 Å². The van der Waals surface area contributed by atoms with E-state index in [1.807, 2.05) is 20.9 Å². The van der Waals surface area contributed by atoms with Gasteiger partial charge >= 0.3 is 28.3 Å². The molecule has 0 aliphatic carbocycles. The number of carbonyl (C=O) groups is 1. The van der Waals surface area contributed by atoms with Gasteiger partial charge in [0.25, 0.3) is 0 Å². The van der Waals surface area contributed by atoms with Crippen molar-refractivity contribution in [3.63, 3.8) is 0 Å². The van der Waals surface area contributed by atoms with Crippen LogP contribution >= 0.6 is 0 Å². The SMILES string of the molecule is CC.CC(C)C(=O)O.CCCN(C)CCNC.[Ag+].[CH3-]. The number of carboxylic acids is 1. The summed E-state index contributed by atoms with van der Waals surface area (Å²) >= 11 is 0. The van der Waals surface area contributed by atoms with Crippen LogP contribution in [0.1, 0.15) is 41.0 Å². The maximum Gasteiger partial charge on any atom is 1.00 e. The van der Waals surface area contributed by atoms with Crippen LogP contribution in [-0.4, -0.2) is 49.7 Å². The molecule has 0 rings (SSSR count). The maximum atomic E-state index is 9.70. The first-order chi connectivity index (χ1) is 7.95. The molecule has 0 aromatic rings. The van der Waals surface area contributed by atoms with Crippen LogP contribution < -0.4 is 5.32 Å². The van der Waals surface area contributed by atoms with Crippen molar-refractivity contribution in [1.82, 2.24) is 10.2 Å². The Morgan fingerprint density at radius 2 is 1.63 bits per heavy atom. The van der Waals surface area contributed by atoms with Gasteiger partial charge in [-0.1, -0.05) is 34.6 Å². The number of aliphatic carboxylic acids is 1. The predicted octanol–water partition coefficient (Wildman–Crippen LogP) is 2.75. The molecule has 0 atom stereocenters. The first kappa shape index (κ1) is 31.5. The van der Waals surface area contributed by atoms with Crippen LogP contribution in [0, 0.1) is 13.3 Å². The molecular formula is C14H35AgN2O2. The fraction of sp³-hybridized carbons (Fsp3) is 0.857. The van der Waals surface area contributed by atoms with Gasteiger partial charge in [0.2, 0.25) is 0 Å². The summed E-state index contributed by atoms with van der Waals surface area (Å²) in [6, 6.07) is 0. The number of nitrogens with zero attached hydrogens (tertiary/aromatic N) is 1. The van der Waals surface area contributed by atoms with Crippen LogP contribution in [-0.2, 0) is 27.2 Å². The molecule has 0 amide bonds. The molecule has 5 heteroatoms. The number of nitrogens with one attached hydrogen (secondary N) is 1. The van der Waals surface area contributed by atoms with Crippen LogP contribution in [0.25, 0.3) is 0 Å². The van der Waals surface area contributed by atoms with Gasteiger partial charge in [0, 0.05) is 13.1 Å². The van der Waals surface area contributed by atoms with E-state index in [9.17, 15) is 4.79 Å². The third-order valence-corrected chi connectivity index (χ3v) is 1.84. The summed E-state index contributed by atoms with van der Waals surface area (Å²) in [5.41, 5.74) is 0. The van der Waals surface area contributed by atoms with Crippen molar-refractivity contribution in [3.8, 4) is 0 Å². The normalized spacial score (nSPS) is 8.26. The van der Waals surface area contributed by atoms with Crippen LogP contribution in [0.15, 0.2) is 0 Å². The van der Waals surface area contributed by atoms with Gasteiger partial charge in [0.05, 0.1) is 5.92 Å². The van der Waals surface area contributed by atoms with Crippen molar-refractivity contribution in [3.05, 3.63) is 7.43 Å². The number of rotatable bonds is 6. The fourth-order valence-corrected chi connectivity index (χ4v) is 0.796. The molecule has 0 spiro atoms. The maximum absolute atomic E-state index is 9.70. The fourth-order valence-electron chi connectivity index (χ4n) is 0.796. The first-order valence-electron chi connectivity index (χ1n) is 6.51. The zero-order chi connectivity index (χ0) is 14.3. The molecule has 124 valence electrons. The molecule has 4 nitrogen and oxygen atoms in total.